The molecule has 0 aromatic rings. The van der Waals surface area contributed by atoms with Gasteiger partial charge in [-0.1, -0.05) is 20.4 Å². The second-order valence-corrected chi connectivity index (χ2v) is 8.96. The highest BCUT2D eigenvalue weighted by Crippen LogP contribution is 2.66. The fourth-order valence-electron chi connectivity index (χ4n) is 6.76. The van der Waals surface area contributed by atoms with Crippen LogP contribution in [0.25, 0.3) is 0 Å². The maximum atomic E-state index is 12.3. The number of carbonyl (C=O) groups is 2. The van der Waals surface area contributed by atoms with Gasteiger partial charge in [0.05, 0.1) is 0 Å². The highest BCUT2D eigenvalue weighted by molar-refractivity contribution is 5.99. The number of rotatable bonds is 0. The summed E-state index contributed by atoms with van der Waals surface area (Å²) >= 11 is 0. The van der Waals surface area contributed by atoms with Crippen LogP contribution in [0.1, 0.15) is 65.2 Å². The van der Waals surface area contributed by atoms with Crippen molar-refractivity contribution in [3.8, 4) is 0 Å². The van der Waals surface area contributed by atoms with Crippen molar-refractivity contribution in [2.45, 2.75) is 65.2 Å². The maximum absolute atomic E-state index is 12.3. The lowest BCUT2D eigenvalue weighted by atomic mass is 9.45. The number of Topliss-reactive ketones (excluding diaryl/α,β-unsaturated/α-hetero) is 2. The molecule has 0 aromatic carbocycles. The first kappa shape index (κ1) is 14.7. The van der Waals surface area contributed by atoms with E-state index in [2.05, 4.69) is 20.4 Å². The molecule has 6 atom stereocenters. The molecule has 4 aliphatic rings. The Morgan fingerprint density at radius 3 is 2.55 bits per heavy atom. The number of allylic oxidation sites excluding steroid dienone is 1. The van der Waals surface area contributed by atoms with Crippen LogP contribution in [0.3, 0.4) is 0 Å². The van der Waals surface area contributed by atoms with E-state index in [9.17, 15) is 9.59 Å². The molecule has 4 fully saturated rings. The molecule has 0 saturated heterocycles. The second-order valence-electron chi connectivity index (χ2n) is 8.96. The molecule has 2 heteroatoms. The summed E-state index contributed by atoms with van der Waals surface area (Å²) in [7, 11) is 0. The Morgan fingerprint density at radius 2 is 1.77 bits per heavy atom. The van der Waals surface area contributed by atoms with Crippen LogP contribution in [0.4, 0.5) is 0 Å². The Hall–Kier alpha value is -0.920. The van der Waals surface area contributed by atoms with E-state index in [0.29, 0.717) is 34.7 Å². The lowest BCUT2D eigenvalue weighted by Crippen LogP contribution is -2.52. The number of hydrogen-bond acceptors (Lipinski definition) is 2. The molecule has 0 N–H and O–H groups in total. The van der Waals surface area contributed by atoms with Gasteiger partial charge in [-0.25, -0.2) is 0 Å². The third-order valence-corrected chi connectivity index (χ3v) is 8.30. The zero-order valence-corrected chi connectivity index (χ0v) is 14.0. The molecule has 120 valence electrons. The molecule has 0 aromatic heterocycles. The van der Waals surface area contributed by atoms with Crippen molar-refractivity contribution < 1.29 is 9.59 Å². The molecule has 0 bridgehead atoms. The Labute approximate surface area is 133 Å². The predicted octanol–water partition coefficient (Wildman–Crippen LogP) is 4.33. The second kappa shape index (κ2) is 4.55. The van der Waals surface area contributed by atoms with E-state index in [1.165, 1.54) is 19.3 Å². The molecule has 22 heavy (non-hydrogen) atoms. The van der Waals surface area contributed by atoms with E-state index in [4.69, 9.17) is 0 Å². The molecule has 0 unspecified atom stereocenters. The van der Waals surface area contributed by atoms with Crippen LogP contribution in [0.15, 0.2) is 12.2 Å². The van der Waals surface area contributed by atoms with Gasteiger partial charge in [-0.3, -0.25) is 9.59 Å². The van der Waals surface area contributed by atoms with E-state index in [1.807, 2.05) is 0 Å². The van der Waals surface area contributed by atoms with Crippen LogP contribution in [-0.4, -0.2) is 11.6 Å². The van der Waals surface area contributed by atoms with E-state index in [1.54, 1.807) is 0 Å². The topological polar surface area (TPSA) is 34.1 Å². The van der Waals surface area contributed by atoms with Gasteiger partial charge in [-0.15, -0.1) is 0 Å². The predicted molar refractivity (Wildman–Crippen MR) is 86.3 cm³/mol. The zero-order valence-electron chi connectivity index (χ0n) is 14.0. The van der Waals surface area contributed by atoms with Gasteiger partial charge in [0, 0.05) is 19.3 Å². The minimum atomic E-state index is 0.0614. The fraction of sp³-hybridized carbons (Fsp3) is 0.800. The van der Waals surface area contributed by atoms with Gasteiger partial charge in [0.15, 0.2) is 5.78 Å². The minimum Gasteiger partial charge on any atom is -0.300 e. The quantitative estimate of drug-likeness (QED) is 0.624. The molecule has 0 aliphatic heterocycles. The molecule has 4 aliphatic carbocycles. The third kappa shape index (κ3) is 1.73. The van der Waals surface area contributed by atoms with Gasteiger partial charge >= 0.3 is 0 Å². The average Bonchev–Trinajstić information content (AvgIpc) is 2.72. The van der Waals surface area contributed by atoms with E-state index in [-0.39, 0.29) is 5.41 Å². The van der Waals surface area contributed by atoms with Crippen LogP contribution in [-0.2, 0) is 9.59 Å². The lowest BCUT2D eigenvalue weighted by Gasteiger charge is -2.59. The third-order valence-electron chi connectivity index (χ3n) is 8.30. The zero-order chi connectivity index (χ0) is 15.7. The first-order valence-electron chi connectivity index (χ1n) is 9.10. The Kier molecular flexibility index (Phi) is 3.03. The molecule has 0 heterocycles. The number of ketones is 2. The summed E-state index contributed by atoms with van der Waals surface area (Å²) in [6.07, 6.45) is 8.17. The highest BCUT2D eigenvalue weighted by Gasteiger charge is 2.60. The van der Waals surface area contributed by atoms with E-state index < -0.39 is 0 Å². The smallest absolute Gasteiger partial charge is 0.159 e. The van der Waals surface area contributed by atoms with Crippen LogP contribution in [0, 0.1) is 34.5 Å². The SMILES string of the molecule is C=C1C(=O)C[C@H]2[C@@H]3CC[C@H]4CC(=O)CC[C@]4(C)[C@H]3CC[C@]12C. The number of fused-ring (bicyclic) bond motifs is 5. The Balaban J connectivity index is 1.67. The summed E-state index contributed by atoms with van der Waals surface area (Å²) in [5.41, 5.74) is 1.30. The summed E-state index contributed by atoms with van der Waals surface area (Å²) in [6, 6.07) is 0. The fourth-order valence-corrected chi connectivity index (χ4v) is 6.76. The molecule has 4 rings (SSSR count). The molecule has 4 saturated carbocycles. The molecular weight excluding hydrogens is 272 g/mol. The average molecular weight is 300 g/mol. The van der Waals surface area contributed by atoms with Gasteiger partial charge in [-0.2, -0.15) is 0 Å². The summed E-state index contributed by atoms with van der Waals surface area (Å²) in [5, 5.41) is 0. The monoisotopic (exact) mass is 300 g/mol. The van der Waals surface area contributed by atoms with Gasteiger partial charge in [0.25, 0.3) is 0 Å². The molecule has 0 amide bonds. The Morgan fingerprint density at radius 1 is 1.00 bits per heavy atom. The highest BCUT2D eigenvalue weighted by atomic mass is 16.1. The summed E-state index contributed by atoms with van der Waals surface area (Å²) in [4.78, 5) is 24.2. The largest absolute Gasteiger partial charge is 0.300 e. The maximum Gasteiger partial charge on any atom is 0.159 e. The molecule has 2 nitrogen and oxygen atoms in total. The van der Waals surface area contributed by atoms with Crippen molar-refractivity contribution in [2.75, 3.05) is 0 Å². The van der Waals surface area contributed by atoms with Crippen LogP contribution in [0.5, 0.6) is 0 Å². The van der Waals surface area contributed by atoms with Gasteiger partial charge in [0.1, 0.15) is 5.78 Å². The van der Waals surface area contributed by atoms with Crippen molar-refractivity contribution in [1.82, 2.24) is 0 Å². The van der Waals surface area contributed by atoms with Gasteiger partial charge < -0.3 is 0 Å². The van der Waals surface area contributed by atoms with Crippen molar-refractivity contribution in [3.05, 3.63) is 12.2 Å². The van der Waals surface area contributed by atoms with Gasteiger partial charge in [0.2, 0.25) is 0 Å². The molecular formula is C20H28O2. The molecule has 0 radical (unpaired) electrons. The minimum absolute atomic E-state index is 0.0614. The molecule has 0 spiro atoms. The standard InChI is InChI=1S/C20H28O2/c1-12-18(22)11-17-15-5-4-13-10-14(21)6-8-20(13,3)16(15)7-9-19(12,17)2/h13,15-17H,1,4-11H2,2-3H3/t13-,15+,16-,17-,19+,20-/m0/s1. The first-order valence-corrected chi connectivity index (χ1v) is 9.10. The van der Waals surface area contributed by atoms with Crippen molar-refractivity contribution >= 4 is 11.6 Å². The van der Waals surface area contributed by atoms with Crippen molar-refractivity contribution in [2.24, 2.45) is 34.5 Å². The lowest BCUT2D eigenvalue weighted by molar-refractivity contribution is -0.136. The Bertz CT molecular complexity index is 562. The van der Waals surface area contributed by atoms with Crippen LogP contribution >= 0.6 is 0 Å². The van der Waals surface area contributed by atoms with Crippen LogP contribution < -0.4 is 0 Å². The number of carbonyl (C=O) groups excluding carboxylic acids is 2. The number of hydrogen-bond donors (Lipinski definition) is 0. The van der Waals surface area contributed by atoms with Crippen molar-refractivity contribution in [3.63, 3.8) is 0 Å². The normalized spacial score (nSPS) is 51.3. The summed E-state index contributed by atoms with van der Waals surface area (Å²) < 4.78 is 0. The van der Waals surface area contributed by atoms with Crippen LogP contribution in [0.2, 0.25) is 0 Å². The summed E-state index contributed by atoms with van der Waals surface area (Å²) in [6.45, 7) is 8.89. The van der Waals surface area contributed by atoms with Crippen molar-refractivity contribution in [1.29, 1.82) is 0 Å². The summed E-state index contributed by atoms with van der Waals surface area (Å²) in [5.74, 6) is 3.30. The van der Waals surface area contributed by atoms with E-state index in [0.717, 1.165) is 43.6 Å². The first-order chi connectivity index (χ1) is 10.4. The van der Waals surface area contributed by atoms with E-state index >= 15 is 0 Å². The van der Waals surface area contributed by atoms with Gasteiger partial charge in [-0.05, 0) is 72.2 Å².